The normalized spacial score (nSPS) is 28.2. The minimum Gasteiger partial charge on any atom is -0.379 e. The topological polar surface area (TPSA) is 94.0 Å². The Hall–Kier alpha value is -1.59. The van der Waals surface area contributed by atoms with Gasteiger partial charge in [0.1, 0.15) is 0 Å². The highest BCUT2D eigenvalue weighted by Gasteiger charge is 2.33. The first-order valence-corrected chi connectivity index (χ1v) is 6.02. The SMILES string of the molecule is CCC1CCC(NC(=O)c2nonc2N)C1C. The Morgan fingerprint density at radius 2 is 2.29 bits per heavy atom. The highest BCUT2D eigenvalue weighted by atomic mass is 16.6. The van der Waals surface area contributed by atoms with Crippen LogP contribution in [0.4, 0.5) is 5.82 Å². The molecule has 1 heterocycles. The standard InChI is InChI=1S/C11H18N4O2/c1-3-7-4-5-8(6(7)2)13-11(16)9-10(12)15-17-14-9/h6-8H,3-5H2,1-2H3,(H2,12,15)(H,13,16). The van der Waals surface area contributed by atoms with E-state index in [0.717, 1.165) is 19.3 Å². The van der Waals surface area contributed by atoms with Crippen LogP contribution in [0, 0.1) is 11.8 Å². The minimum atomic E-state index is -0.294. The summed E-state index contributed by atoms with van der Waals surface area (Å²) in [4.78, 5) is 11.9. The molecular weight excluding hydrogens is 220 g/mol. The third-order valence-corrected chi connectivity index (χ3v) is 3.80. The lowest BCUT2D eigenvalue weighted by molar-refractivity contribution is 0.0917. The van der Waals surface area contributed by atoms with Gasteiger partial charge < -0.3 is 11.1 Å². The van der Waals surface area contributed by atoms with E-state index in [9.17, 15) is 4.79 Å². The van der Waals surface area contributed by atoms with Crippen LogP contribution in [0.2, 0.25) is 0 Å². The highest BCUT2D eigenvalue weighted by molar-refractivity contribution is 5.96. The average molecular weight is 238 g/mol. The lowest BCUT2D eigenvalue weighted by Crippen LogP contribution is -2.38. The monoisotopic (exact) mass is 238 g/mol. The van der Waals surface area contributed by atoms with Crippen LogP contribution in [0.5, 0.6) is 0 Å². The van der Waals surface area contributed by atoms with Crippen LogP contribution in [0.15, 0.2) is 4.63 Å². The Labute approximate surface area is 99.9 Å². The number of rotatable bonds is 3. The lowest BCUT2D eigenvalue weighted by Gasteiger charge is -2.20. The largest absolute Gasteiger partial charge is 0.379 e. The van der Waals surface area contributed by atoms with E-state index >= 15 is 0 Å². The lowest BCUT2D eigenvalue weighted by atomic mass is 9.93. The fourth-order valence-electron chi connectivity index (χ4n) is 2.62. The molecule has 0 saturated heterocycles. The molecular formula is C11H18N4O2. The van der Waals surface area contributed by atoms with Crippen molar-refractivity contribution in [3.63, 3.8) is 0 Å². The molecule has 0 radical (unpaired) electrons. The molecule has 3 atom stereocenters. The summed E-state index contributed by atoms with van der Waals surface area (Å²) in [5.41, 5.74) is 5.56. The van der Waals surface area contributed by atoms with Gasteiger partial charge in [-0.05, 0) is 35.0 Å². The molecule has 2 rings (SSSR count). The van der Waals surface area contributed by atoms with E-state index < -0.39 is 0 Å². The van der Waals surface area contributed by atoms with Crippen LogP contribution in [0.25, 0.3) is 0 Å². The van der Waals surface area contributed by atoms with E-state index in [-0.39, 0.29) is 23.5 Å². The van der Waals surface area contributed by atoms with Crippen LogP contribution in [-0.4, -0.2) is 22.3 Å². The number of hydrogen-bond donors (Lipinski definition) is 2. The molecule has 3 unspecified atom stereocenters. The molecule has 0 aromatic carbocycles. The Bertz CT molecular complexity index is 404. The van der Waals surface area contributed by atoms with Gasteiger partial charge in [0.2, 0.25) is 11.5 Å². The second-order valence-corrected chi connectivity index (χ2v) is 4.68. The Morgan fingerprint density at radius 1 is 1.53 bits per heavy atom. The number of nitrogen functional groups attached to an aromatic ring is 1. The van der Waals surface area contributed by atoms with Gasteiger partial charge in [0.05, 0.1) is 0 Å². The first-order chi connectivity index (χ1) is 8.13. The second-order valence-electron chi connectivity index (χ2n) is 4.68. The number of nitrogens with one attached hydrogen (secondary N) is 1. The number of carbonyl (C=O) groups excluding carboxylic acids is 1. The molecule has 17 heavy (non-hydrogen) atoms. The molecule has 0 bridgehead atoms. The van der Waals surface area contributed by atoms with Gasteiger partial charge in [0, 0.05) is 6.04 Å². The number of hydrogen-bond acceptors (Lipinski definition) is 5. The highest BCUT2D eigenvalue weighted by Crippen LogP contribution is 2.33. The molecule has 3 N–H and O–H groups in total. The van der Waals surface area contributed by atoms with E-state index in [1.54, 1.807) is 0 Å². The predicted octanol–water partition coefficient (Wildman–Crippen LogP) is 1.21. The van der Waals surface area contributed by atoms with Crippen LogP contribution < -0.4 is 11.1 Å². The number of amides is 1. The molecule has 6 nitrogen and oxygen atoms in total. The van der Waals surface area contributed by atoms with Crippen molar-refractivity contribution in [2.75, 3.05) is 5.73 Å². The van der Waals surface area contributed by atoms with Gasteiger partial charge in [-0.1, -0.05) is 20.3 Å². The molecule has 6 heteroatoms. The van der Waals surface area contributed by atoms with Crippen molar-refractivity contribution in [1.29, 1.82) is 0 Å². The van der Waals surface area contributed by atoms with Crippen molar-refractivity contribution < 1.29 is 9.42 Å². The second kappa shape index (κ2) is 4.73. The van der Waals surface area contributed by atoms with Crippen molar-refractivity contribution in [2.24, 2.45) is 11.8 Å². The molecule has 1 saturated carbocycles. The smallest absolute Gasteiger partial charge is 0.277 e. The van der Waals surface area contributed by atoms with Gasteiger partial charge in [-0.25, -0.2) is 4.63 Å². The van der Waals surface area contributed by atoms with E-state index in [4.69, 9.17) is 5.73 Å². The number of nitrogens with two attached hydrogens (primary N) is 1. The number of nitrogens with zero attached hydrogens (tertiary/aromatic N) is 2. The summed E-state index contributed by atoms with van der Waals surface area (Å²) in [6, 6.07) is 0.198. The zero-order valence-electron chi connectivity index (χ0n) is 10.1. The quantitative estimate of drug-likeness (QED) is 0.825. The Kier molecular flexibility index (Phi) is 3.31. The maximum Gasteiger partial charge on any atom is 0.277 e. The summed E-state index contributed by atoms with van der Waals surface area (Å²) in [6.45, 7) is 4.36. The van der Waals surface area contributed by atoms with Crippen LogP contribution in [0.1, 0.15) is 43.6 Å². The van der Waals surface area contributed by atoms with Crippen molar-refractivity contribution in [3.8, 4) is 0 Å². The molecule has 1 aliphatic carbocycles. The first-order valence-electron chi connectivity index (χ1n) is 6.02. The predicted molar refractivity (Wildman–Crippen MR) is 62.1 cm³/mol. The van der Waals surface area contributed by atoms with E-state index in [2.05, 4.69) is 34.1 Å². The Morgan fingerprint density at radius 3 is 2.82 bits per heavy atom. The van der Waals surface area contributed by atoms with Gasteiger partial charge in [-0.3, -0.25) is 4.79 Å². The van der Waals surface area contributed by atoms with Gasteiger partial charge in [0.15, 0.2) is 0 Å². The van der Waals surface area contributed by atoms with E-state index in [1.807, 2.05) is 0 Å². The molecule has 0 aliphatic heterocycles. The zero-order chi connectivity index (χ0) is 12.4. The third-order valence-electron chi connectivity index (χ3n) is 3.80. The average Bonchev–Trinajstić information content (AvgIpc) is 2.87. The van der Waals surface area contributed by atoms with E-state index in [0.29, 0.717) is 11.8 Å². The third kappa shape index (κ3) is 2.25. The van der Waals surface area contributed by atoms with Crippen LogP contribution >= 0.6 is 0 Å². The Balaban J connectivity index is 1.99. The molecule has 1 fully saturated rings. The van der Waals surface area contributed by atoms with Gasteiger partial charge in [-0.2, -0.15) is 0 Å². The summed E-state index contributed by atoms with van der Waals surface area (Å²) in [5.74, 6) is 0.927. The molecule has 94 valence electrons. The fourth-order valence-corrected chi connectivity index (χ4v) is 2.62. The molecule has 1 aromatic rings. The number of carbonyl (C=O) groups is 1. The van der Waals surface area contributed by atoms with Gasteiger partial charge >= 0.3 is 0 Å². The van der Waals surface area contributed by atoms with Crippen molar-refractivity contribution >= 4 is 11.7 Å². The summed E-state index contributed by atoms with van der Waals surface area (Å²) in [6.07, 6.45) is 3.33. The van der Waals surface area contributed by atoms with Gasteiger partial charge in [-0.15, -0.1) is 0 Å². The van der Waals surface area contributed by atoms with Crippen molar-refractivity contribution in [1.82, 2.24) is 15.6 Å². The van der Waals surface area contributed by atoms with Crippen molar-refractivity contribution in [3.05, 3.63) is 5.69 Å². The van der Waals surface area contributed by atoms with Crippen molar-refractivity contribution in [2.45, 2.75) is 39.2 Å². The summed E-state index contributed by atoms with van der Waals surface area (Å²) >= 11 is 0. The number of aromatic nitrogens is 2. The maximum absolute atomic E-state index is 11.9. The molecule has 0 spiro atoms. The zero-order valence-corrected chi connectivity index (χ0v) is 10.1. The van der Waals surface area contributed by atoms with Crippen LogP contribution in [0.3, 0.4) is 0 Å². The molecule has 1 aromatic heterocycles. The van der Waals surface area contributed by atoms with E-state index in [1.165, 1.54) is 0 Å². The maximum atomic E-state index is 11.9. The molecule has 1 amide bonds. The van der Waals surface area contributed by atoms with Crippen LogP contribution in [-0.2, 0) is 0 Å². The summed E-state index contributed by atoms with van der Waals surface area (Å²) in [7, 11) is 0. The minimum absolute atomic E-state index is 0.0418. The fraction of sp³-hybridized carbons (Fsp3) is 0.727. The summed E-state index contributed by atoms with van der Waals surface area (Å²) in [5, 5.41) is 9.85. The van der Waals surface area contributed by atoms with Gasteiger partial charge in [0.25, 0.3) is 5.91 Å². The first kappa shape index (κ1) is 11.9. The number of anilines is 1. The summed E-state index contributed by atoms with van der Waals surface area (Å²) < 4.78 is 4.41. The molecule has 1 aliphatic rings.